The molecule has 7 nitrogen and oxygen atoms in total. The van der Waals surface area contributed by atoms with E-state index in [1.165, 1.54) is 6.33 Å². The Morgan fingerprint density at radius 1 is 1.03 bits per heavy atom. The smallest absolute Gasteiger partial charge is 0.255 e. The topological polar surface area (TPSA) is 96.5 Å². The van der Waals surface area contributed by atoms with Crippen molar-refractivity contribution in [3.8, 4) is 0 Å². The van der Waals surface area contributed by atoms with E-state index < -0.39 is 0 Å². The van der Waals surface area contributed by atoms with Crippen molar-refractivity contribution in [2.45, 2.75) is 5.25 Å². The fraction of sp³-hybridized carbons (Fsp3) is 0.0455. The van der Waals surface area contributed by atoms with Gasteiger partial charge in [0.15, 0.2) is 5.65 Å². The Labute approximate surface area is 177 Å². The number of benzene rings is 2. The molecule has 0 bridgehead atoms. The van der Waals surface area contributed by atoms with Crippen LogP contribution in [0.4, 0.5) is 5.69 Å². The second-order valence-corrected chi connectivity index (χ2v) is 7.30. The predicted molar refractivity (Wildman–Crippen MR) is 119 cm³/mol. The van der Waals surface area contributed by atoms with Crippen LogP contribution in [-0.4, -0.2) is 31.1 Å². The number of pyridine rings is 1. The van der Waals surface area contributed by atoms with E-state index in [1.54, 1.807) is 18.5 Å². The first-order chi connectivity index (χ1) is 14.7. The summed E-state index contributed by atoms with van der Waals surface area (Å²) in [6.45, 7) is 0. The van der Waals surface area contributed by atoms with Gasteiger partial charge < -0.3 is 5.32 Å². The lowest BCUT2D eigenvalue weighted by Crippen LogP contribution is -2.12. The first-order valence-electron chi connectivity index (χ1n) is 9.27. The summed E-state index contributed by atoms with van der Waals surface area (Å²) in [6, 6.07) is 16.8. The molecule has 2 aromatic carbocycles. The summed E-state index contributed by atoms with van der Waals surface area (Å²) in [5, 5.41) is 11.2. The zero-order valence-corrected chi connectivity index (χ0v) is 16.5. The molecule has 0 spiro atoms. The average Bonchev–Trinajstić information content (AvgIpc) is 3.27. The van der Waals surface area contributed by atoms with Crippen molar-refractivity contribution in [3.05, 3.63) is 90.1 Å². The van der Waals surface area contributed by atoms with Gasteiger partial charge in [0.05, 0.1) is 28.0 Å². The maximum absolute atomic E-state index is 12.8. The first-order valence-corrected chi connectivity index (χ1v) is 9.79. The fourth-order valence-corrected chi connectivity index (χ4v) is 3.73. The van der Waals surface area contributed by atoms with Crippen LogP contribution in [0.2, 0.25) is 0 Å². The third-order valence-corrected chi connectivity index (χ3v) is 5.41. The monoisotopic (exact) mass is 412 g/mol. The average molecular weight is 412 g/mol. The fourth-order valence-electron chi connectivity index (χ4n) is 3.37. The molecular weight excluding hydrogens is 396 g/mol. The van der Waals surface area contributed by atoms with E-state index in [2.05, 4.69) is 30.5 Å². The zero-order valence-electron chi connectivity index (χ0n) is 15.6. The van der Waals surface area contributed by atoms with Crippen LogP contribution in [0.3, 0.4) is 0 Å². The molecule has 146 valence electrons. The molecular formula is C22H16N6OS. The minimum absolute atomic E-state index is 0.197. The van der Waals surface area contributed by atoms with E-state index >= 15 is 0 Å². The van der Waals surface area contributed by atoms with Crippen LogP contribution in [0.25, 0.3) is 21.9 Å². The van der Waals surface area contributed by atoms with Crippen molar-refractivity contribution in [1.29, 1.82) is 0 Å². The Kier molecular flexibility index (Phi) is 4.61. The van der Waals surface area contributed by atoms with Crippen LogP contribution in [0.5, 0.6) is 0 Å². The molecule has 0 saturated carbocycles. The molecule has 1 atom stereocenters. The third-order valence-electron chi connectivity index (χ3n) is 4.86. The van der Waals surface area contributed by atoms with Gasteiger partial charge >= 0.3 is 0 Å². The molecule has 30 heavy (non-hydrogen) atoms. The Morgan fingerprint density at radius 3 is 2.90 bits per heavy atom. The standard InChI is InChI=1S/C22H16N6OS/c29-22(27-16-6-7-18-13(10-16)5-2-8-23-18)15-4-1-3-14(9-15)20(30)19-17-11-26-28-21(17)25-12-24-19/h1-12,20,30H,(H,27,29)(H,24,25,26,28). The van der Waals surface area contributed by atoms with Crippen molar-refractivity contribution in [1.82, 2.24) is 25.1 Å². The summed E-state index contributed by atoms with van der Waals surface area (Å²) in [5.41, 5.74) is 4.37. The van der Waals surface area contributed by atoms with Crippen LogP contribution in [0, 0.1) is 0 Å². The van der Waals surface area contributed by atoms with Crippen molar-refractivity contribution in [3.63, 3.8) is 0 Å². The number of nitrogens with zero attached hydrogens (tertiary/aromatic N) is 4. The predicted octanol–water partition coefficient (Wildman–Crippen LogP) is 4.17. The van der Waals surface area contributed by atoms with Gasteiger partial charge in [-0.1, -0.05) is 18.2 Å². The number of aromatic nitrogens is 5. The Balaban J connectivity index is 1.42. The molecule has 0 saturated heterocycles. The quantitative estimate of drug-likeness (QED) is 0.385. The second kappa shape index (κ2) is 7.57. The Hall–Kier alpha value is -3.78. The van der Waals surface area contributed by atoms with Crippen molar-refractivity contribution < 1.29 is 4.79 Å². The van der Waals surface area contributed by atoms with E-state index in [4.69, 9.17) is 12.6 Å². The van der Waals surface area contributed by atoms with Crippen LogP contribution < -0.4 is 5.32 Å². The molecule has 8 heteroatoms. The summed E-state index contributed by atoms with van der Waals surface area (Å²) < 4.78 is 0. The number of amides is 1. The number of hydrogen-bond acceptors (Lipinski definition) is 6. The number of fused-ring (bicyclic) bond motifs is 2. The van der Waals surface area contributed by atoms with Gasteiger partial charge in [-0.05, 0) is 42.0 Å². The molecule has 5 rings (SSSR count). The number of anilines is 1. The number of H-pyrrole nitrogens is 1. The molecule has 3 aromatic heterocycles. The summed E-state index contributed by atoms with van der Waals surface area (Å²) >= 11 is 4.74. The van der Waals surface area contributed by atoms with Gasteiger partial charge in [-0.25, -0.2) is 9.97 Å². The number of carbonyl (C=O) groups is 1. The molecule has 1 amide bonds. The molecule has 0 fully saturated rings. The van der Waals surface area contributed by atoms with Crippen LogP contribution >= 0.6 is 12.6 Å². The highest BCUT2D eigenvalue weighted by Gasteiger charge is 2.17. The number of hydrogen-bond donors (Lipinski definition) is 3. The SMILES string of the molecule is O=C(Nc1ccc2ncccc2c1)c1cccc(C(S)c2ncnc3[nH]ncc23)c1. The number of thiol groups is 1. The highest BCUT2D eigenvalue weighted by Crippen LogP contribution is 2.31. The zero-order chi connectivity index (χ0) is 20.5. The van der Waals surface area contributed by atoms with Crippen molar-refractivity contribution >= 4 is 46.2 Å². The highest BCUT2D eigenvalue weighted by atomic mass is 32.1. The second-order valence-electron chi connectivity index (χ2n) is 6.78. The largest absolute Gasteiger partial charge is 0.322 e. The first kappa shape index (κ1) is 18.3. The summed E-state index contributed by atoms with van der Waals surface area (Å²) in [4.78, 5) is 25.7. The maximum atomic E-state index is 12.8. The van der Waals surface area contributed by atoms with Gasteiger partial charge in [0.2, 0.25) is 0 Å². The summed E-state index contributed by atoms with van der Waals surface area (Å²) in [6.07, 6.45) is 4.90. The van der Waals surface area contributed by atoms with E-state index in [0.717, 1.165) is 27.5 Å². The third kappa shape index (κ3) is 3.37. The molecule has 5 aromatic rings. The minimum atomic E-state index is -0.326. The molecule has 0 aliphatic rings. The number of nitrogens with one attached hydrogen (secondary N) is 2. The van der Waals surface area contributed by atoms with Gasteiger partial charge in [-0.2, -0.15) is 17.7 Å². The lowest BCUT2D eigenvalue weighted by Gasteiger charge is -2.13. The molecule has 2 N–H and O–H groups in total. The van der Waals surface area contributed by atoms with Crippen LogP contribution in [0.15, 0.2) is 73.3 Å². The Bertz CT molecular complexity index is 1380. The number of aromatic amines is 1. The van der Waals surface area contributed by atoms with Crippen molar-refractivity contribution in [2.75, 3.05) is 5.32 Å². The van der Waals surface area contributed by atoms with E-state index in [1.807, 2.05) is 48.5 Å². The number of carbonyl (C=O) groups excluding carboxylic acids is 1. The van der Waals surface area contributed by atoms with Gasteiger partial charge in [0.1, 0.15) is 6.33 Å². The van der Waals surface area contributed by atoms with Crippen molar-refractivity contribution in [2.24, 2.45) is 0 Å². The van der Waals surface area contributed by atoms with Gasteiger partial charge in [-0.15, -0.1) is 0 Å². The van der Waals surface area contributed by atoms with E-state index in [0.29, 0.717) is 16.9 Å². The minimum Gasteiger partial charge on any atom is -0.322 e. The molecule has 0 aliphatic carbocycles. The summed E-state index contributed by atoms with van der Waals surface area (Å²) in [7, 11) is 0. The van der Waals surface area contributed by atoms with Gasteiger partial charge in [0.25, 0.3) is 5.91 Å². The lowest BCUT2D eigenvalue weighted by atomic mass is 10.0. The van der Waals surface area contributed by atoms with Gasteiger partial charge in [0, 0.05) is 22.8 Å². The lowest BCUT2D eigenvalue weighted by molar-refractivity contribution is 0.102. The maximum Gasteiger partial charge on any atom is 0.255 e. The molecule has 0 aliphatic heterocycles. The van der Waals surface area contributed by atoms with Crippen LogP contribution in [0.1, 0.15) is 26.9 Å². The molecule has 3 heterocycles. The van der Waals surface area contributed by atoms with E-state index in [9.17, 15) is 4.79 Å². The van der Waals surface area contributed by atoms with Crippen LogP contribution in [-0.2, 0) is 0 Å². The molecule has 1 unspecified atom stereocenters. The highest BCUT2D eigenvalue weighted by molar-refractivity contribution is 7.80. The number of rotatable bonds is 4. The normalized spacial score (nSPS) is 12.2. The Morgan fingerprint density at radius 2 is 1.97 bits per heavy atom. The molecule has 0 radical (unpaired) electrons. The van der Waals surface area contributed by atoms with Gasteiger partial charge in [-0.3, -0.25) is 14.9 Å². The van der Waals surface area contributed by atoms with E-state index in [-0.39, 0.29) is 11.2 Å². The summed E-state index contributed by atoms with van der Waals surface area (Å²) in [5.74, 6) is -0.197.